The molecule has 2 unspecified atom stereocenters. The summed E-state index contributed by atoms with van der Waals surface area (Å²) in [4.78, 5) is 56.8. The molecule has 25 heteroatoms. The van der Waals surface area contributed by atoms with Crippen molar-refractivity contribution in [1.82, 2.24) is 39.0 Å². The Morgan fingerprint density at radius 1 is 0.911 bits per heavy atom. The molecule has 0 aromatic carbocycles. The largest absolute Gasteiger partial charge is 0.476 e. The Morgan fingerprint density at radius 2 is 1.51 bits per heavy atom. The Bertz CT molecular complexity index is 1820. The summed E-state index contributed by atoms with van der Waals surface area (Å²) in [7, 11) is -8.22. The Morgan fingerprint density at radius 3 is 2.22 bits per heavy atom. The summed E-state index contributed by atoms with van der Waals surface area (Å²) in [5.41, 5.74) is 11.2. The summed E-state index contributed by atoms with van der Waals surface area (Å²) in [6.45, 7) is -1.09. The lowest BCUT2D eigenvalue weighted by Gasteiger charge is -2.25. The number of aromatic amines is 1. The molecule has 0 spiro atoms. The van der Waals surface area contributed by atoms with Crippen molar-refractivity contribution in [3.05, 3.63) is 29.3 Å². The standard InChI is InChI=1S/C20H24FN10O10P2S2/c21-8-12-6(38-18(8)30-4-26-9-14(22)24-3-25-15(9)30)1-36-43(35,45)41-13-7(2-37-42(34,44)40-12)39-19(11(13)32)31-5-27-10-16(31)28-20(23)29-17(10)33/h3-8,11-13,18-19,32,34-35,44-45H,1-2H2,(H4-,22,23,24,25,28,29,33)/q+1/p+1/t6-,7-,8-,11-,12-,13-,18-,19-,42?,43?/m1/s1. The topological polar surface area (TPSA) is 275 Å². The predicted molar refractivity (Wildman–Crippen MR) is 159 cm³/mol. The Labute approximate surface area is 261 Å². The molecule has 7 rings (SSSR count). The summed E-state index contributed by atoms with van der Waals surface area (Å²) in [6, 6.07) is 0. The summed E-state index contributed by atoms with van der Waals surface area (Å²) in [6.07, 6.45) is -8.02. The molecule has 0 radical (unpaired) electrons. The van der Waals surface area contributed by atoms with Crippen LogP contribution in [0.25, 0.3) is 22.3 Å². The third kappa shape index (κ3) is 5.64. The number of hydrogen-bond acceptors (Lipinski definition) is 19. The van der Waals surface area contributed by atoms with E-state index in [4.69, 9.17) is 39.0 Å². The lowest BCUT2D eigenvalue weighted by molar-refractivity contribution is -0.0595. The number of ether oxygens (including phenoxy) is 2. The van der Waals surface area contributed by atoms with Gasteiger partial charge >= 0.3 is 14.3 Å². The Kier molecular flexibility index (Phi) is 7.92. The first kappa shape index (κ1) is 31.2. The number of nitrogens with zero attached hydrogens (tertiary/aromatic N) is 7. The minimum Gasteiger partial charge on any atom is -0.385 e. The van der Waals surface area contributed by atoms with Crippen LogP contribution < -0.4 is 17.0 Å². The van der Waals surface area contributed by atoms with Crippen LogP contribution in [0.4, 0.5) is 16.2 Å². The molecule has 0 aliphatic carbocycles. The maximum Gasteiger partial charge on any atom is 0.476 e. The number of fused-ring (bicyclic) bond motifs is 4. The molecule has 20 nitrogen and oxygen atoms in total. The molecule has 45 heavy (non-hydrogen) atoms. The summed E-state index contributed by atoms with van der Waals surface area (Å²) < 4.78 is 52.9. The molecule has 3 saturated heterocycles. The molecule has 8 N–H and O–H groups in total. The van der Waals surface area contributed by atoms with Gasteiger partial charge in [0.2, 0.25) is 5.95 Å². The SMILES string of the molecule is Nc1nc2c(ncn2[C@@H]2O[C@@H]3CO[P+](O)(S)O[C@H]4[C@@H](F)[C@H](n5cnc6c(N)ncnc65)O[C@@H]4CO[P+](O)(S)O[C@H]3[C@H]2O)c(=O)[nH]1. The van der Waals surface area contributed by atoms with E-state index in [1.165, 1.54) is 28.1 Å². The highest BCUT2D eigenvalue weighted by molar-refractivity contribution is 8.47. The zero-order valence-electron chi connectivity index (χ0n) is 22.4. The fourth-order valence-electron chi connectivity index (χ4n) is 5.30. The number of alkyl halides is 1. The minimum absolute atomic E-state index is 0.0133. The molecule has 3 aliphatic rings. The van der Waals surface area contributed by atoms with E-state index in [0.717, 1.165) is 0 Å². The fourth-order valence-corrected chi connectivity index (χ4v) is 8.30. The molecular formula is C20H25FN10O10P2S2+2. The van der Waals surface area contributed by atoms with E-state index in [2.05, 4.69) is 54.4 Å². The van der Waals surface area contributed by atoms with Crippen molar-refractivity contribution in [3.8, 4) is 0 Å². The zero-order chi connectivity index (χ0) is 31.8. The first-order valence-corrected chi connectivity index (χ1v) is 18.4. The van der Waals surface area contributed by atoms with Crippen molar-refractivity contribution in [3.63, 3.8) is 0 Å². The van der Waals surface area contributed by atoms with Gasteiger partial charge in [0.1, 0.15) is 43.4 Å². The molecular weight excluding hydrogens is 685 g/mol. The van der Waals surface area contributed by atoms with Crippen LogP contribution in [0.5, 0.6) is 0 Å². The highest BCUT2D eigenvalue weighted by Gasteiger charge is 2.60. The van der Waals surface area contributed by atoms with Crippen LogP contribution in [0.3, 0.4) is 0 Å². The van der Waals surface area contributed by atoms with Crippen LogP contribution in [0, 0.1) is 0 Å². The number of aromatic nitrogens is 8. The van der Waals surface area contributed by atoms with Gasteiger partial charge in [0.15, 0.2) is 53.5 Å². The maximum absolute atomic E-state index is 16.0. The quantitative estimate of drug-likeness (QED) is 0.0974. The van der Waals surface area contributed by atoms with Gasteiger partial charge in [0, 0.05) is 0 Å². The summed E-state index contributed by atoms with van der Waals surface area (Å²) >= 11 is 8.28. The van der Waals surface area contributed by atoms with Gasteiger partial charge in [-0.3, -0.25) is 18.9 Å². The van der Waals surface area contributed by atoms with E-state index in [9.17, 15) is 19.7 Å². The Balaban J connectivity index is 1.16. The van der Waals surface area contributed by atoms with E-state index < -0.39 is 82.2 Å². The van der Waals surface area contributed by atoms with Gasteiger partial charge in [-0.2, -0.15) is 32.9 Å². The number of imidazole rings is 2. The van der Waals surface area contributed by atoms with Gasteiger partial charge in [0.25, 0.3) is 5.56 Å². The molecule has 0 amide bonds. The van der Waals surface area contributed by atoms with Gasteiger partial charge in [-0.25, -0.2) is 24.3 Å². The number of nitrogens with two attached hydrogens (primary N) is 2. The molecule has 3 aliphatic heterocycles. The maximum atomic E-state index is 16.0. The number of rotatable bonds is 2. The van der Waals surface area contributed by atoms with E-state index >= 15 is 4.39 Å². The van der Waals surface area contributed by atoms with Crippen molar-refractivity contribution in [2.45, 2.75) is 49.1 Å². The molecule has 4 aromatic rings. The lowest BCUT2D eigenvalue weighted by atomic mass is 10.1. The van der Waals surface area contributed by atoms with Crippen LogP contribution in [0.1, 0.15) is 12.5 Å². The van der Waals surface area contributed by atoms with Crippen LogP contribution in [0.15, 0.2) is 23.8 Å². The number of aliphatic hydroxyl groups excluding tert-OH is 1. The average Bonchev–Trinajstić information content (AvgIpc) is 3.72. The lowest BCUT2D eigenvalue weighted by Crippen LogP contribution is -2.38. The van der Waals surface area contributed by atoms with E-state index in [1.54, 1.807) is 0 Å². The number of halogens is 1. The molecule has 7 heterocycles. The first-order chi connectivity index (χ1) is 21.3. The van der Waals surface area contributed by atoms with E-state index in [0.29, 0.717) is 0 Å². The number of H-pyrrole nitrogens is 1. The second-order valence-electron chi connectivity index (χ2n) is 10.1. The van der Waals surface area contributed by atoms with Crippen molar-refractivity contribution in [1.29, 1.82) is 0 Å². The molecule has 242 valence electrons. The normalized spacial score (nSPS) is 37.7. The van der Waals surface area contributed by atoms with E-state index in [1.807, 2.05) is 0 Å². The summed E-state index contributed by atoms with van der Waals surface area (Å²) in [5, 5.41) is 11.3. The molecule has 0 saturated carbocycles. The zero-order valence-corrected chi connectivity index (χ0v) is 26.0. The minimum atomic E-state index is -4.12. The molecule has 4 aromatic heterocycles. The van der Waals surface area contributed by atoms with E-state index in [-0.39, 0.29) is 34.1 Å². The second kappa shape index (κ2) is 11.4. The molecule has 10 atom stereocenters. The van der Waals surface area contributed by atoms with Gasteiger partial charge < -0.3 is 26.0 Å². The first-order valence-electron chi connectivity index (χ1n) is 13.0. The van der Waals surface area contributed by atoms with Crippen molar-refractivity contribution >= 4 is 72.9 Å². The predicted octanol–water partition coefficient (Wildman–Crippen LogP) is -0.366. The van der Waals surface area contributed by atoms with Gasteiger partial charge in [-0.05, 0) is 0 Å². The highest BCUT2D eigenvalue weighted by Crippen LogP contribution is 2.67. The number of nitrogens with one attached hydrogen (secondary N) is 1. The third-order valence-corrected chi connectivity index (χ3v) is 10.6. The van der Waals surface area contributed by atoms with Crippen LogP contribution in [0.2, 0.25) is 0 Å². The average molecular weight is 711 g/mol. The van der Waals surface area contributed by atoms with Crippen molar-refractivity contribution in [2.24, 2.45) is 0 Å². The van der Waals surface area contributed by atoms with Crippen molar-refractivity contribution < 1.29 is 46.9 Å². The fraction of sp³-hybridized carbons (Fsp3) is 0.500. The van der Waals surface area contributed by atoms with Gasteiger partial charge in [-0.1, -0.05) is 0 Å². The van der Waals surface area contributed by atoms with Crippen LogP contribution in [-0.2, 0) is 27.6 Å². The Hall–Kier alpha value is -2.37. The molecule has 3 fully saturated rings. The third-order valence-electron chi connectivity index (χ3n) is 7.29. The second-order valence-corrected chi connectivity index (χ2v) is 16.1. The smallest absolute Gasteiger partial charge is 0.385 e. The number of hydrogen-bond donors (Lipinski definition) is 8. The van der Waals surface area contributed by atoms with Crippen molar-refractivity contribution in [2.75, 3.05) is 24.7 Å². The monoisotopic (exact) mass is 710 g/mol. The number of nitrogen functional groups attached to an aromatic ring is 2. The van der Waals surface area contributed by atoms with Crippen LogP contribution >= 0.6 is 38.8 Å². The number of anilines is 2. The van der Waals surface area contributed by atoms with Gasteiger partial charge in [0.05, 0.1) is 37.2 Å². The number of thiol groups is 2. The van der Waals surface area contributed by atoms with Crippen LogP contribution in [-0.4, -0.2) is 104 Å². The summed E-state index contributed by atoms with van der Waals surface area (Å²) in [5.74, 6) is -0.143. The highest BCUT2D eigenvalue weighted by atomic mass is 32.7. The van der Waals surface area contributed by atoms with Gasteiger partial charge in [-0.15, -0.1) is 0 Å². The molecule has 0 bridgehead atoms. The number of aliphatic hydroxyl groups is 1.